The molecular weight excluding hydrogens is 662 g/mol. The number of imidazole rings is 2. The number of aromatic nitrogens is 4. The number of carbonyl (C=O) groups is 3. The lowest BCUT2D eigenvalue weighted by Crippen LogP contribution is -2.52. The van der Waals surface area contributed by atoms with Crippen LogP contribution in [-0.2, 0) is 16.1 Å². The first-order valence-electron chi connectivity index (χ1n) is 18.0. The van der Waals surface area contributed by atoms with Gasteiger partial charge in [-0.25, -0.2) is 19.6 Å². The van der Waals surface area contributed by atoms with E-state index in [0.29, 0.717) is 12.4 Å². The van der Waals surface area contributed by atoms with Crippen LogP contribution in [0.2, 0.25) is 0 Å². The lowest BCUT2D eigenvalue weighted by Gasteiger charge is -2.32. The number of benzene rings is 3. The zero-order valence-electron chi connectivity index (χ0n) is 29.9. The van der Waals surface area contributed by atoms with Gasteiger partial charge in [-0.3, -0.25) is 9.69 Å². The van der Waals surface area contributed by atoms with E-state index in [2.05, 4.69) is 51.7 Å². The summed E-state index contributed by atoms with van der Waals surface area (Å²) in [7, 11) is 1.29. The third-order valence-corrected chi connectivity index (χ3v) is 11.1. The summed E-state index contributed by atoms with van der Waals surface area (Å²) in [5.74, 6) is 1.93. The highest BCUT2D eigenvalue weighted by atomic mass is 16.5. The maximum absolute atomic E-state index is 13.9. The molecule has 0 radical (unpaired) electrons. The standard InChI is InChI=1S/C39H43N7O6/c1-20(2)33(43-38(48)51-5)37(47)45-21(3)6-12-30(45)35-41-29-11-8-23-17-28-26-10-9-25(16-24(26)19-52-32(28)18-27(23)34(29)42-35)44-15-14-40-36(44)31-13-7-22(4)46(31)39(49)50/h8-11,14-18,20-22,30-31,33H,6-7,12-13,19H2,1-5H3,(H,41,42)(H,43,48)(H,49,50)/t21?,22?,30-,31-,33-/m0/s1. The van der Waals surface area contributed by atoms with Gasteiger partial charge in [-0.05, 0) is 92.3 Å². The Hall–Kier alpha value is -5.59. The summed E-state index contributed by atoms with van der Waals surface area (Å²) in [6.45, 7) is 8.17. The number of carboxylic acid groups (broad SMARTS) is 1. The zero-order valence-corrected chi connectivity index (χ0v) is 29.9. The number of hydrogen-bond donors (Lipinski definition) is 3. The highest BCUT2D eigenvalue weighted by Gasteiger charge is 2.41. The fraction of sp³-hybridized carbons (Fsp3) is 0.410. The number of nitrogens with one attached hydrogen (secondary N) is 2. The maximum atomic E-state index is 13.9. The Balaban J connectivity index is 1.11. The largest absolute Gasteiger partial charge is 0.488 e. The molecule has 3 aliphatic heterocycles. The maximum Gasteiger partial charge on any atom is 0.408 e. The number of carbonyl (C=O) groups excluding carboxylic acids is 2. The molecule has 2 fully saturated rings. The normalized spacial score (nSPS) is 21.7. The quantitative estimate of drug-likeness (QED) is 0.169. The smallest absolute Gasteiger partial charge is 0.408 e. The predicted octanol–water partition coefficient (Wildman–Crippen LogP) is 7.10. The van der Waals surface area contributed by atoms with Crippen LogP contribution in [0.25, 0.3) is 38.6 Å². The average molecular weight is 706 g/mol. The van der Waals surface area contributed by atoms with Crippen LogP contribution >= 0.6 is 0 Å². The van der Waals surface area contributed by atoms with Crippen LogP contribution in [0.15, 0.2) is 54.9 Å². The molecule has 8 rings (SSSR count). The van der Waals surface area contributed by atoms with Gasteiger partial charge in [0.15, 0.2) is 0 Å². The van der Waals surface area contributed by atoms with Crippen molar-refractivity contribution < 1.29 is 29.0 Å². The van der Waals surface area contributed by atoms with Crippen LogP contribution in [0.5, 0.6) is 5.75 Å². The molecule has 2 saturated heterocycles. The number of hydrogen-bond acceptors (Lipinski definition) is 7. The van der Waals surface area contributed by atoms with E-state index in [9.17, 15) is 19.5 Å². The number of aromatic amines is 1. The molecule has 0 aliphatic carbocycles. The topological polar surface area (TPSA) is 155 Å². The van der Waals surface area contributed by atoms with Gasteiger partial charge >= 0.3 is 12.2 Å². The first-order chi connectivity index (χ1) is 25.0. The molecule has 5 heterocycles. The van der Waals surface area contributed by atoms with Crippen molar-refractivity contribution >= 4 is 39.9 Å². The Kier molecular flexibility index (Phi) is 8.31. The molecular formula is C39H43N7O6. The van der Waals surface area contributed by atoms with Crippen molar-refractivity contribution in [2.45, 2.75) is 90.2 Å². The summed E-state index contributed by atoms with van der Waals surface area (Å²) in [5, 5.41) is 14.6. The molecule has 2 aromatic heterocycles. The minimum atomic E-state index is -0.925. The van der Waals surface area contributed by atoms with Gasteiger partial charge in [0, 0.05) is 41.1 Å². The lowest BCUT2D eigenvalue weighted by atomic mass is 9.93. The fourth-order valence-electron chi connectivity index (χ4n) is 8.42. The molecule has 0 spiro atoms. The molecule has 0 saturated carbocycles. The second kappa shape index (κ2) is 12.9. The number of alkyl carbamates (subject to hydrolysis) is 1. The van der Waals surface area contributed by atoms with Crippen molar-refractivity contribution in [3.63, 3.8) is 0 Å². The molecule has 3 aliphatic rings. The van der Waals surface area contributed by atoms with Gasteiger partial charge in [-0.15, -0.1) is 0 Å². The number of likely N-dealkylation sites (tertiary alicyclic amines) is 2. The number of nitrogens with zero attached hydrogens (tertiary/aromatic N) is 5. The Labute approximate surface area is 300 Å². The highest BCUT2D eigenvalue weighted by molar-refractivity contribution is 6.07. The van der Waals surface area contributed by atoms with E-state index >= 15 is 0 Å². The number of rotatable bonds is 6. The molecule has 13 heteroatoms. The number of amides is 3. The Morgan fingerprint density at radius 2 is 1.75 bits per heavy atom. The molecule has 5 aromatic rings. The van der Waals surface area contributed by atoms with E-state index < -0.39 is 18.2 Å². The number of ether oxygens (including phenoxy) is 2. The summed E-state index contributed by atoms with van der Waals surface area (Å²) in [6.07, 6.45) is 5.16. The zero-order chi connectivity index (χ0) is 36.4. The highest BCUT2D eigenvalue weighted by Crippen LogP contribution is 2.44. The lowest BCUT2D eigenvalue weighted by molar-refractivity contribution is -0.137. The van der Waals surface area contributed by atoms with Gasteiger partial charge in [0.1, 0.15) is 30.0 Å². The summed E-state index contributed by atoms with van der Waals surface area (Å²) in [6, 6.07) is 13.2. The summed E-state index contributed by atoms with van der Waals surface area (Å²) < 4.78 is 13.2. The summed E-state index contributed by atoms with van der Waals surface area (Å²) in [5.41, 5.74) is 5.68. The second-order valence-corrected chi connectivity index (χ2v) is 14.6. The molecule has 52 heavy (non-hydrogen) atoms. The molecule has 0 bridgehead atoms. The first kappa shape index (κ1) is 33.5. The van der Waals surface area contributed by atoms with Crippen molar-refractivity contribution in [2.24, 2.45) is 5.92 Å². The van der Waals surface area contributed by atoms with E-state index in [1.54, 1.807) is 6.20 Å². The SMILES string of the molecule is COC(=O)N[C@H](C(=O)N1C(C)CC[C@H]1c1nc2c(ccc3cc4c(cc32)OCc2cc(-n3ccnc3[C@@H]3CCC(C)N3C(=O)O)ccc2-4)[nH]1)C(C)C. The van der Waals surface area contributed by atoms with E-state index in [1.807, 2.05) is 49.4 Å². The Morgan fingerprint density at radius 3 is 2.50 bits per heavy atom. The van der Waals surface area contributed by atoms with Gasteiger partial charge < -0.3 is 34.3 Å². The van der Waals surface area contributed by atoms with Gasteiger partial charge in [-0.1, -0.05) is 26.0 Å². The van der Waals surface area contributed by atoms with Gasteiger partial charge in [0.2, 0.25) is 5.91 Å². The molecule has 3 N–H and O–H groups in total. The Bertz CT molecular complexity index is 2230. The van der Waals surface area contributed by atoms with E-state index in [-0.39, 0.29) is 36.0 Å². The summed E-state index contributed by atoms with van der Waals surface area (Å²) >= 11 is 0. The fourth-order valence-corrected chi connectivity index (χ4v) is 8.42. The van der Waals surface area contributed by atoms with Crippen LogP contribution in [0.1, 0.15) is 82.7 Å². The van der Waals surface area contributed by atoms with E-state index in [0.717, 1.165) is 81.4 Å². The summed E-state index contributed by atoms with van der Waals surface area (Å²) in [4.78, 5) is 54.6. The van der Waals surface area contributed by atoms with Gasteiger partial charge in [0.25, 0.3) is 0 Å². The van der Waals surface area contributed by atoms with Crippen molar-refractivity contribution in [1.29, 1.82) is 0 Å². The molecule has 5 atom stereocenters. The average Bonchev–Trinajstić information content (AvgIpc) is 3.94. The predicted molar refractivity (Wildman–Crippen MR) is 194 cm³/mol. The number of methoxy groups -OCH3 is 1. The molecule has 3 amide bonds. The van der Waals surface area contributed by atoms with Crippen molar-refractivity contribution in [1.82, 2.24) is 34.6 Å². The van der Waals surface area contributed by atoms with Gasteiger partial charge in [-0.2, -0.15) is 0 Å². The van der Waals surface area contributed by atoms with Crippen molar-refractivity contribution in [2.75, 3.05) is 7.11 Å². The number of fused-ring (bicyclic) bond motifs is 6. The monoisotopic (exact) mass is 705 g/mol. The third kappa shape index (κ3) is 5.49. The molecule has 3 aromatic carbocycles. The van der Waals surface area contributed by atoms with E-state index in [4.69, 9.17) is 14.5 Å². The van der Waals surface area contributed by atoms with Crippen molar-refractivity contribution in [3.8, 4) is 22.6 Å². The minimum Gasteiger partial charge on any atom is -0.488 e. The van der Waals surface area contributed by atoms with Crippen molar-refractivity contribution in [3.05, 3.63) is 72.1 Å². The van der Waals surface area contributed by atoms with Crippen LogP contribution in [-0.4, -0.2) is 77.8 Å². The van der Waals surface area contributed by atoms with Crippen LogP contribution in [0.4, 0.5) is 9.59 Å². The second-order valence-electron chi connectivity index (χ2n) is 14.6. The number of H-pyrrole nitrogens is 1. The molecule has 270 valence electrons. The van der Waals surface area contributed by atoms with Crippen LogP contribution in [0.3, 0.4) is 0 Å². The minimum absolute atomic E-state index is 0.0182. The molecule has 2 unspecified atom stereocenters. The molecule has 13 nitrogen and oxygen atoms in total. The van der Waals surface area contributed by atoms with E-state index in [1.165, 1.54) is 12.0 Å². The Morgan fingerprint density at radius 1 is 0.981 bits per heavy atom. The van der Waals surface area contributed by atoms with Crippen LogP contribution < -0.4 is 10.1 Å². The van der Waals surface area contributed by atoms with Gasteiger partial charge in [0.05, 0.1) is 30.2 Å². The first-order valence-corrected chi connectivity index (χ1v) is 18.0. The third-order valence-electron chi connectivity index (χ3n) is 11.1. The van der Waals surface area contributed by atoms with Crippen LogP contribution in [0, 0.1) is 5.92 Å².